The molecule has 0 aromatic carbocycles. The van der Waals surface area contributed by atoms with Crippen LogP contribution in [0.3, 0.4) is 0 Å². The summed E-state index contributed by atoms with van der Waals surface area (Å²) in [5, 5.41) is 11.8. The van der Waals surface area contributed by atoms with Crippen LogP contribution in [0.2, 0.25) is 0 Å². The molecule has 0 aliphatic carbocycles. The van der Waals surface area contributed by atoms with Gasteiger partial charge in [0.2, 0.25) is 5.91 Å². The fourth-order valence-electron chi connectivity index (χ4n) is 2.56. The first-order chi connectivity index (χ1) is 8.92. The molecule has 0 saturated carbocycles. The molecule has 6 nitrogen and oxygen atoms in total. The molecule has 1 saturated heterocycles. The van der Waals surface area contributed by atoms with Gasteiger partial charge in [0.1, 0.15) is 0 Å². The Balaban J connectivity index is 2.80. The highest BCUT2D eigenvalue weighted by atomic mass is 16.4. The van der Waals surface area contributed by atoms with Gasteiger partial charge in [0.05, 0.1) is 5.92 Å². The number of likely N-dealkylation sites (N-methyl/N-ethyl adjacent to an activating group) is 1. The lowest BCUT2D eigenvalue weighted by molar-refractivity contribution is -0.137. The molecule has 1 heterocycles. The van der Waals surface area contributed by atoms with Crippen LogP contribution in [0.25, 0.3) is 0 Å². The lowest BCUT2D eigenvalue weighted by atomic mass is 9.99. The molecule has 0 aromatic rings. The monoisotopic (exact) mass is 270 g/mol. The summed E-state index contributed by atoms with van der Waals surface area (Å²) < 4.78 is 0. The molecule has 3 atom stereocenters. The van der Waals surface area contributed by atoms with Crippen molar-refractivity contribution in [3.63, 3.8) is 0 Å². The van der Waals surface area contributed by atoms with E-state index in [0.29, 0.717) is 31.6 Å². The SMILES string of the molecule is CCCC(C(=O)N1CC(C)N(C)C(C)C1)C(N)=NO. The van der Waals surface area contributed by atoms with Crippen LogP contribution >= 0.6 is 0 Å². The van der Waals surface area contributed by atoms with Gasteiger partial charge in [-0.25, -0.2) is 0 Å². The number of nitrogens with zero attached hydrogens (tertiary/aromatic N) is 3. The van der Waals surface area contributed by atoms with Crippen LogP contribution in [0.4, 0.5) is 0 Å². The Morgan fingerprint density at radius 3 is 2.37 bits per heavy atom. The molecule has 1 aliphatic heterocycles. The number of amidine groups is 1. The fourth-order valence-corrected chi connectivity index (χ4v) is 2.56. The maximum atomic E-state index is 12.5. The summed E-state index contributed by atoms with van der Waals surface area (Å²) in [7, 11) is 2.07. The van der Waals surface area contributed by atoms with Crippen molar-refractivity contribution in [3.8, 4) is 0 Å². The number of piperazine rings is 1. The second-order valence-corrected chi connectivity index (χ2v) is 5.47. The van der Waals surface area contributed by atoms with Gasteiger partial charge in [-0.3, -0.25) is 9.69 Å². The van der Waals surface area contributed by atoms with E-state index in [0.717, 1.165) is 6.42 Å². The predicted octanol–water partition coefficient (Wildman–Crippen LogP) is 0.700. The maximum absolute atomic E-state index is 12.5. The molecule has 0 bridgehead atoms. The van der Waals surface area contributed by atoms with Gasteiger partial charge in [-0.05, 0) is 27.3 Å². The molecular weight excluding hydrogens is 244 g/mol. The number of oxime groups is 1. The average molecular weight is 270 g/mol. The smallest absolute Gasteiger partial charge is 0.233 e. The van der Waals surface area contributed by atoms with Crippen LogP contribution in [0.5, 0.6) is 0 Å². The van der Waals surface area contributed by atoms with Crippen molar-refractivity contribution >= 4 is 11.7 Å². The van der Waals surface area contributed by atoms with Gasteiger partial charge < -0.3 is 15.8 Å². The molecule has 0 aromatic heterocycles. The number of carbonyl (C=O) groups is 1. The third-order valence-electron chi connectivity index (χ3n) is 4.02. The van der Waals surface area contributed by atoms with Gasteiger partial charge in [-0.2, -0.15) is 0 Å². The summed E-state index contributed by atoms with van der Waals surface area (Å²) in [6, 6.07) is 0.643. The van der Waals surface area contributed by atoms with E-state index in [1.165, 1.54) is 0 Å². The first-order valence-electron chi connectivity index (χ1n) is 6.90. The van der Waals surface area contributed by atoms with E-state index >= 15 is 0 Å². The van der Waals surface area contributed by atoms with Crippen molar-refractivity contribution in [1.82, 2.24) is 9.80 Å². The average Bonchev–Trinajstić information content (AvgIpc) is 2.40. The molecule has 3 unspecified atom stereocenters. The quantitative estimate of drug-likeness (QED) is 0.341. The molecule has 1 fully saturated rings. The summed E-state index contributed by atoms with van der Waals surface area (Å²) in [5.74, 6) is -0.507. The third kappa shape index (κ3) is 3.59. The summed E-state index contributed by atoms with van der Waals surface area (Å²) in [6.07, 6.45) is 1.44. The van der Waals surface area contributed by atoms with Crippen LogP contribution < -0.4 is 5.73 Å². The topological polar surface area (TPSA) is 82.2 Å². The number of nitrogens with two attached hydrogens (primary N) is 1. The second-order valence-electron chi connectivity index (χ2n) is 5.47. The van der Waals surface area contributed by atoms with Crippen molar-refractivity contribution in [2.24, 2.45) is 16.8 Å². The summed E-state index contributed by atoms with van der Waals surface area (Å²) in [4.78, 5) is 16.6. The highest BCUT2D eigenvalue weighted by Gasteiger charge is 2.33. The van der Waals surface area contributed by atoms with E-state index in [1.54, 1.807) is 0 Å². The largest absolute Gasteiger partial charge is 0.409 e. The van der Waals surface area contributed by atoms with Crippen LogP contribution in [-0.2, 0) is 4.79 Å². The number of hydrogen-bond acceptors (Lipinski definition) is 4. The van der Waals surface area contributed by atoms with Crippen LogP contribution in [0.1, 0.15) is 33.6 Å². The summed E-state index contributed by atoms with van der Waals surface area (Å²) in [5.41, 5.74) is 5.65. The van der Waals surface area contributed by atoms with Gasteiger partial charge in [0, 0.05) is 25.2 Å². The van der Waals surface area contributed by atoms with Crippen molar-refractivity contribution < 1.29 is 10.0 Å². The molecule has 6 heteroatoms. The molecule has 19 heavy (non-hydrogen) atoms. The van der Waals surface area contributed by atoms with E-state index in [4.69, 9.17) is 10.9 Å². The first-order valence-corrected chi connectivity index (χ1v) is 6.90. The van der Waals surface area contributed by atoms with Crippen molar-refractivity contribution in [2.75, 3.05) is 20.1 Å². The molecule has 1 amide bonds. The molecule has 0 radical (unpaired) electrons. The second kappa shape index (κ2) is 6.75. The van der Waals surface area contributed by atoms with Gasteiger partial charge in [0.25, 0.3) is 0 Å². The molecule has 3 N–H and O–H groups in total. The Labute approximate surface area is 115 Å². The van der Waals surface area contributed by atoms with Crippen LogP contribution in [0, 0.1) is 5.92 Å². The fraction of sp³-hybridized carbons (Fsp3) is 0.846. The van der Waals surface area contributed by atoms with E-state index in [2.05, 4.69) is 31.0 Å². The summed E-state index contributed by atoms with van der Waals surface area (Å²) >= 11 is 0. The number of rotatable bonds is 4. The Morgan fingerprint density at radius 1 is 1.42 bits per heavy atom. The predicted molar refractivity (Wildman–Crippen MR) is 75.1 cm³/mol. The van der Waals surface area contributed by atoms with E-state index in [-0.39, 0.29) is 11.7 Å². The standard InChI is InChI=1S/C13H26N4O2/c1-5-6-11(12(14)15-19)13(18)17-7-9(2)16(4)10(3)8-17/h9-11,19H,5-8H2,1-4H3,(H2,14,15). The maximum Gasteiger partial charge on any atom is 0.233 e. The van der Waals surface area contributed by atoms with Crippen molar-refractivity contribution in [1.29, 1.82) is 0 Å². The minimum Gasteiger partial charge on any atom is -0.409 e. The van der Waals surface area contributed by atoms with E-state index < -0.39 is 5.92 Å². The minimum absolute atomic E-state index is 0.0195. The minimum atomic E-state index is -0.502. The number of hydrogen-bond donors (Lipinski definition) is 2. The lowest BCUT2D eigenvalue weighted by Gasteiger charge is -2.43. The van der Waals surface area contributed by atoms with Gasteiger partial charge in [-0.15, -0.1) is 0 Å². The number of carbonyl (C=O) groups excluding carboxylic acids is 1. The first kappa shape index (κ1) is 15.8. The molecular formula is C13H26N4O2. The normalized spacial score (nSPS) is 27.4. The van der Waals surface area contributed by atoms with E-state index in [1.807, 2.05) is 11.8 Å². The highest BCUT2D eigenvalue weighted by molar-refractivity contribution is 6.02. The zero-order chi connectivity index (χ0) is 14.6. The van der Waals surface area contributed by atoms with Crippen LogP contribution in [-0.4, -0.2) is 59.0 Å². The van der Waals surface area contributed by atoms with Gasteiger partial charge in [0.15, 0.2) is 5.84 Å². The van der Waals surface area contributed by atoms with Crippen molar-refractivity contribution in [2.45, 2.75) is 45.7 Å². The van der Waals surface area contributed by atoms with Crippen molar-refractivity contribution in [3.05, 3.63) is 0 Å². The summed E-state index contributed by atoms with van der Waals surface area (Å²) in [6.45, 7) is 7.58. The zero-order valence-electron chi connectivity index (χ0n) is 12.3. The third-order valence-corrected chi connectivity index (χ3v) is 4.02. The molecule has 1 rings (SSSR count). The Morgan fingerprint density at radius 2 is 1.95 bits per heavy atom. The Kier molecular flexibility index (Phi) is 5.60. The zero-order valence-corrected chi connectivity index (χ0v) is 12.3. The Bertz CT molecular complexity index is 334. The molecule has 0 spiro atoms. The van der Waals surface area contributed by atoms with E-state index in [9.17, 15) is 4.79 Å². The Hall–Kier alpha value is -1.30. The molecule has 110 valence electrons. The number of amides is 1. The van der Waals surface area contributed by atoms with Gasteiger partial charge >= 0.3 is 0 Å². The molecule has 1 aliphatic rings. The van der Waals surface area contributed by atoms with Gasteiger partial charge in [-0.1, -0.05) is 18.5 Å². The lowest BCUT2D eigenvalue weighted by Crippen LogP contribution is -2.58. The highest BCUT2D eigenvalue weighted by Crippen LogP contribution is 2.18. The van der Waals surface area contributed by atoms with Crippen LogP contribution in [0.15, 0.2) is 5.16 Å².